The first-order valence-corrected chi connectivity index (χ1v) is 9.65. The zero-order chi connectivity index (χ0) is 19.3. The number of aromatic nitrogens is 1. The van der Waals surface area contributed by atoms with Crippen molar-refractivity contribution in [1.29, 1.82) is 0 Å². The summed E-state index contributed by atoms with van der Waals surface area (Å²) in [6, 6.07) is 15.6. The minimum Gasteiger partial charge on any atom is -0.319 e. The summed E-state index contributed by atoms with van der Waals surface area (Å²) in [6.07, 6.45) is 5.01. The summed E-state index contributed by atoms with van der Waals surface area (Å²) in [5.74, 6) is -0.219. The highest BCUT2D eigenvalue weighted by Crippen LogP contribution is 2.33. The summed E-state index contributed by atoms with van der Waals surface area (Å²) >= 11 is 0. The van der Waals surface area contributed by atoms with Gasteiger partial charge in [-0.05, 0) is 60.6 Å². The number of pyridine rings is 1. The zero-order valence-corrected chi connectivity index (χ0v) is 15.7. The number of urea groups is 1. The molecule has 0 radical (unpaired) electrons. The van der Waals surface area contributed by atoms with Crippen LogP contribution in [0.3, 0.4) is 0 Å². The molecule has 140 valence electrons. The largest absolute Gasteiger partial charge is 0.325 e. The Hall–Kier alpha value is -3.21. The molecule has 1 saturated heterocycles. The van der Waals surface area contributed by atoms with Crippen molar-refractivity contribution >= 4 is 22.8 Å². The maximum absolute atomic E-state index is 13.2. The quantitative estimate of drug-likeness (QED) is 0.714. The van der Waals surface area contributed by atoms with E-state index < -0.39 is 5.54 Å². The van der Waals surface area contributed by atoms with Gasteiger partial charge in [-0.2, -0.15) is 0 Å². The van der Waals surface area contributed by atoms with Crippen molar-refractivity contribution in [2.45, 2.75) is 38.3 Å². The predicted octanol–water partition coefficient (Wildman–Crippen LogP) is 3.69. The normalized spacial score (nSPS) is 21.2. The lowest BCUT2D eigenvalue weighted by atomic mass is 9.89. The molecule has 5 nitrogen and oxygen atoms in total. The number of hydrogen-bond acceptors (Lipinski definition) is 3. The van der Waals surface area contributed by atoms with Gasteiger partial charge in [0.1, 0.15) is 5.54 Å². The number of carbonyl (C=O) groups excluding carboxylic acids is 2. The number of para-hydroxylation sites is 1. The molecular weight excluding hydrogens is 350 g/mol. The van der Waals surface area contributed by atoms with Crippen LogP contribution in [0.25, 0.3) is 10.9 Å². The van der Waals surface area contributed by atoms with Crippen LogP contribution in [-0.2, 0) is 29.7 Å². The molecule has 1 N–H and O–H groups in total. The van der Waals surface area contributed by atoms with E-state index in [0.29, 0.717) is 0 Å². The van der Waals surface area contributed by atoms with Crippen LogP contribution in [0, 0.1) is 0 Å². The van der Waals surface area contributed by atoms with E-state index in [9.17, 15) is 9.59 Å². The zero-order valence-electron chi connectivity index (χ0n) is 15.7. The molecule has 1 fully saturated rings. The Balaban J connectivity index is 1.45. The molecule has 1 aliphatic carbocycles. The Bertz CT molecular complexity index is 1120. The molecule has 1 aliphatic heterocycles. The second-order valence-corrected chi connectivity index (χ2v) is 7.82. The van der Waals surface area contributed by atoms with Crippen molar-refractivity contribution in [2.75, 3.05) is 0 Å². The lowest BCUT2D eigenvalue weighted by Gasteiger charge is -2.23. The minimum absolute atomic E-state index is 0.211. The Morgan fingerprint density at radius 1 is 1.07 bits per heavy atom. The summed E-state index contributed by atoms with van der Waals surface area (Å²) < 4.78 is 0. The van der Waals surface area contributed by atoms with Crippen molar-refractivity contribution in [3.8, 4) is 0 Å². The Morgan fingerprint density at radius 2 is 1.89 bits per heavy atom. The van der Waals surface area contributed by atoms with E-state index in [4.69, 9.17) is 0 Å². The summed E-state index contributed by atoms with van der Waals surface area (Å²) in [5, 5.41) is 3.91. The molecule has 0 saturated carbocycles. The fraction of sp³-hybridized carbons (Fsp3) is 0.261. The van der Waals surface area contributed by atoms with Crippen LogP contribution in [0.2, 0.25) is 0 Å². The standard InChI is InChI=1S/C23H21N3O2/c1-23(19-10-9-16-6-4-7-17(16)12-19)21(27)26(22(28)25-23)14-15-11-18-5-2-3-8-20(18)24-13-15/h2-3,5,8-13H,4,6-7,14H2,1H3,(H,25,28)/t23-/m0/s1. The maximum atomic E-state index is 13.2. The smallest absolute Gasteiger partial charge is 0.319 e. The number of fused-ring (bicyclic) bond motifs is 2. The van der Waals surface area contributed by atoms with Crippen LogP contribution in [0.4, 0.5) is 4.79 Å². The van der Waals surface area contributed by atoms with Gasteiger partial charge < -0.3 is 5.32 Å². The topological polar surface area (TPSA) is 62.3 Å². The first-order valence-electron chi connectivity index (χ1n) is 9.65. The molecule has 3 aromatic rings. The number of rotatable bonds is 3. The molecule has 1 aromatic heterocycles. The number of nitrogens with zero attached hydrogens (tertiary/aromatic N) is 2. The van der Waals surface area contributed by atoms with E-state index in [2.05, 4.69) is 22.4 Å². The van der Waals surface area contributed by atoms with Gasteiger partial charge in [-0.15, -0.1) is 0 Å². The number of aryl methyl sites for hydroxylation is 2. The van der Waals surface area contributed by atoms with Gasteiger partial charge >= 0.3 is 6.03 Å². The molecule has 5 rings (SSSR count). The van der Waals surface area contributed by atoms with Crippen molar-refractivity contribution in [3.63, 3.8) is 0 Å². The van der Waals surface area contributed by atoms with Crippen LogP contribution >= 0.6 is 0 Å². The van der Waals surface area contributed by atoms with Gasteiger partial charge in [-0.3, -0.25) is 14.7 Å². The third kappa shape index (κ3) is 2.58. The van der Waals surface area contributed by atoms with Gasteiger partial charge in [0.15, 0.2) is 0 Å². The summed E-state index contributed by atoms with van der Waals surface area (Å²) in [6.45, 7) is 2.01. The van der Waals surface area contributed by atoms with Gasteiger partial charge in [-0.1, -0.05) is 36.4 Å². The third-order valence-electron chi connectivity index (χ3n) is 5.94. The fourth-order valence-electron chi connectivity index (χ4n) is 4.30. The third-order valence-corrected chi connectivity index (χ3v) is 5.94. The maximum Gasteiger partial charge on any atom is 0.325 e. The summed E-state index contributed by atoms with van der Waals surface area (Å²) in [7, 11) is 0. The van der Waals surface area contributed by atoms with E-state index in [1.165, 1.54) is 16.0 Å². The molecule has 2 aliphatic rings. The molecule has 28 heavy (non-hydrogen) atoms. The van der Waals surface area contributed by atoms with Crippen LogP contribution in [-0.4, -0.2) is 21.8 Å². The highest BCUT2D eigenvalue weighted by molar-refractivity contribution is 6.07. The molecule has 2 aromatic carbocycles. The number of carbonyl (C=O) groups is 2. The van der Waals surface area contributed by atoms with Gasteiger partial charge in [0.05, 0.1) is 12.1 Å². The first kappa shape index (κ1) is 16.9. The van der Waals surface area contributed by atoms with Gasteiger partial charge in [0.25, 0.3) is 5.91 Å². The number of amides is 3. The average molecular weight is 371 g/mol. The van der Waals surface area contributed by atoms with Crippen molar-refractivity contribution in [2.24, 2.45) is 0 Å². The van der Waals surface area contributed by atoms with Crippen molar-refractivity contribution in [3.05, 3.63) is 77.0 Å². The van der Waals surface area contributed by atoms with Crippen molar-refractivity contribution in [1.82, 2.24) is 15.2 Å². The van der Waals surface area contributed by atoms with Crippen LogP contribution in [0.15, 0.2) is 54.7 Å². The second kappa shape index (κ2) is 6.16. The minimum atomic E-state index is -1.03. The second-order valence-electron chi connectivity index (χ2n) is 7.82. The predicted molar refractivity (Wildman–Crippen MR) is 107 cm³/mol. The fourth-order valence-corrected chi connectivity index (χ4v) is 4.30. The lowest BCUT2D eigenvalue weighted by Crippen LogP contribution is -2.40. The molecule has 5 heteroatoms. The SMILES string of the molecule is C[C@@]1(c2ccc3c(c2)CCC3)NC(=O)N(Cc2cnc3ccccc3c2)C1=O. The number of imide groups is 1. The highest BCUT2D eigenvalue weighted by atomic mass is 16.2. The van der Waals surface area contributed by atoms with E-state index in [0.717, 1.165) is 41.3 Å². The van der Waals surface area contributed by atoms with Gasteiger partial charge in [0.2, 0.25) is 0 Å². The Labute approximate surface area is 163 Å². The molecule has 2 heterocycles. The van der Waals surface area contributed by atoms with E-state index in [1.807, 2.05) is 36.4 Å². The van der Waals surface area contributed by atoms with Crippen LogP contribution in [0.1, 0.15) is 35.6 Å². The summed E-state index contributed by atoms with van der Waals surface area (Å²) in [4.78, 5) is 31.6. The van der Waals surface area contributed by atoms with E-state index in [-0.39, 0.29) is 18.5 Å². The van der Waals surface area contributed by atoms with Gasteiger partial charge in [-0.25, -0.2) is 4.79 Å². The van der Waals surface area contributed by atoms with Crippen LogP contribution in [0.5, 0.6) is 0 Å². The Kier molecular flexibility index (Phi) is 3.72. The lowest BCUT2D eigenvalue weighted by molar-refractivity contribution is -0.131. The number of benzene rings is 2. The molecular formula is C23H21N3O2. The van der Waals surface area contributed by atoms with Gasteiger partial charge in [0, 0.05) is 11.6 Å². The first-order chi connectivity index (χ1) is 13.5. The molecule has 0 spiro atoms. The van der Waals surface area contributed by atoms with E-state index >= 15 is 0 Å². The highest BCUT2D eigenvalue weighted by Gasteiger charge is 2.49. The molecule has 1 atom stereocenters. The average Bonchev–Trinajstić information content (AvgIpc) is 3.26. The summed E-state index contributed by atoms with van der Waals surface area (Å²) in [5.41, 5.74) is 4.19. The molecule has 0 unspecified atom stereocenters. The van der Waals surface area contributed by atoms with Crippen LogP contribution < -0.4 is 5.32 Å². The number of hydrogen-bond donors (Lipinski definition) is 1. The molecule has 0 bridgehead atoms. The Morgan fingerprint density at radius 3 is 2.79 bits per heavy atom. The monoisotopic (exact) mass is 371 g/mol. The molecule has 3 amide bonds. The van der Waals surface area contributed by atoms with Crippen molar-refractivity contribution < 1.29 is 9.59 Å². The van der Waals surface area contributed by atoms with E-state index in [1.54, 1.807) is 13.1 Å². The number of nitrogens with one attached hydrogen (secondary N) is 1.